The number of pyridine rings is 1. The van der Waals surface area contributed by atoms with Crippen LogP contribution in [0.2, 0.25) is 0 Å². The van der Waals surface area contributed by atoms with Crippen molar-refractivity contribution in [1.29, 1.82) is 0 Å². The number of benzene rings is 3. The highest BCUT2D eigenvalue weighted by molar-refractivity contribution is 6.10. The molecule has 3 aromatic carbocycles. The minimum atomic E-state index is -0.535. The number of hydrogen-bond acceptors (Lipinski definition) is 7. The monoisotopic (exact) mass is 451 g/mol. The van der Waals surface area contributed by atoms with Crippen molar-refractivity contribution >= 4 is 39.7 Å². The first-order valence-corrected chi connectivity index (χ1v) is 11.0. The minimum Gasteiger partial charge on any atom is -0.494 e. The Morgan fingerprint density at radius 3 is 2.65 bits per heavy atom. The molecule has 1 aliphatic heterocycles. The molecule has 3 heterocycles. The largest absolute Gasteiger partial charge is 0.494 e. The van der Waals surface area contributed by atoms with Crippen LogP contribution in [0.5, 0.6) is 5.75 Å². The molecule has 0 unspecified atom stereocenters. The zero-order chi connectivity index (χ0) is 23.1. The number of aliphatic imine (C=N–C) groups is 1. The van der Waals surface area contributed by atoms with Crippen LogP contribution in [0, 0.1) is 0 Å². The number of ether oxygens (including phenoxy) is 1. The fourth-order valence-corrected chi connectivity index (χ4v) is 4.24. The summed E-state index contributed by atoms with van der Waals surface area (Å²) in [5.74, 6) is 1.20. The van der Waals surface area contributed by atoms with Gasteiger partial charge in [0.05, 0.1) is 23.4 Å². The van der Waals surface area contributed by atoms with Crippen LogP contribution in [0.3, 0.4) is 0 Å². The molecular weight excluding hydrogens is 430 g/mol. The Balaban J connectivity index is 1.48. The van der Waals surface area contributed by atoms with Crippen molar-refractivity contribution in [2.75, 3.05) is 17.2 Å². The quantitative estimate of drug-likeness (QED) is 0.353. The van der Waals surface area contributed by atoms with Crippen LogP contribution in [0.1, 0.15) is 24.1 Å². The van der Waals surface area contributed by atoms with E-state index < -0.39 is 6.04 Å². The highest BCUT2D eigenvalue weighted by Crippen LogP contribution is 2.37. The van der Waals surface area contributed by atoms with Crippen LogP contribution in [-0.2, 0) is 0 Å². The molecule has 0 spiro atoms. The predicted octanol–water partition coefficient (Wildman–Crippen LogP) is 5.05. The smallest absolute Gasteiger partial charge is 0.302 e. The molecule has 1 aliphatic rings. The van der Waals surface area contributed by atoms with Crippen LogP contribution in [-0.4, -0.2) is 22.5 Å². The number of anilines is 2. The third kappa shape index (κ3) is 3.45. The average molecular weight is 451 g/mol. The molecule has 0 amide bonds. The van der Waals surface area contributed by atoms with Gasteiger partial charge in [-0.15, -0.1) is 0 Å². The second-order valence-corrected chi connectivity index (χ2v) is 7.91. The summed E-state index contributed by atoms with van der Waals surface area (Å²) in [6, 6.07) is 22.6. The first-order chi connectivity index (χ1) is 16.7. The van der Waals surface area contributed by atoms with Gasteiger partial charge in [-0.3, -0.25) is 10.1 Å². The molecule has 0 saturated heterocycles. The lowest BCUT2D eigenvalue weighted by Gasteiger charge is -2.26. The molecule has 6 rings (SSSR count). The minimum absolute atomic E-state index is 0.190. The molecule has 5 aromatic rings. The molecule has 0 bridgehead atoms. The van der Waals surface area contributed by atoms with Gasteiger partial charge >= 0.3 is 6.01 Å². The molecule has 0 saturated carbocycles. The molecule has 34 heavy (non-hydrogen) atoms. The zero-order valence-electron chi connectivity index (χ0n) is 18.3. The molecule has 8 heteroatoms. The van der Waals surface area contributed by atoms with Gasteiger partial charge in [-0.05, 0) is 42.8 Å². The summed E-state index contributed by atoms with van der Waals surface area (Å²) in [7, 11) is 0. The number of aromatic nitrogens is 2. The number of nitrogens with one attached hydrogen (secondary N) is 3. The van der Waals surface area contributed by atoms with E-state index in [1.807, 2.05) is 79.7 Å². The number of H-pyrrole nitrogens is 1. The second kappa shape index (κ2) is 8.08. The summed E-state index contributed by atoms with van der Waals surface area (Å²) in [6.07, 6.45) is 0. The molecule has 8 nitrogen and oxygen atoms in total. The normalized spacial score (nSPS) is 15.0. The predicted molar refractivity (Wildman–Crippen MR) is 133 cm³/mol. The fourth-order valence-electron chi connectivity index (χ4n) is 4.24. The van der Waals surface area contributed by atoms with E-state index in [-0.39, 0.29) is 5.56 Å². The number of hydrogen-bond donors (Lipinski definition) is 3. The number of rotatable bonds is 4. The summed E-state index contributed by atoms with van der Waals surface area (Å²) in [5, 5.41) is 7.34. The first kappa shape index (κ1) is 20.0. The Morgan fingerprint density at radius 2 is 1.82 bits per heavy atom. The van der Waals surface area contributed by atoms with Crippen LogP contribution in [0.15, 0.2) is 87.0 Å². The van der Waals surface area contributed by atoms with Gasteiger partial charge in [0.15, 0.2) is 5.58 Å². The number of oxazole rings is 1. The van der Waals surface area contributed by atoms with E-state index >= 15 is 0 Å². The summed E-state index contributed by atoms with van der Waals surface area (Å²) in [6.45, 7) is 2.52. The van der Waals surface area contributed by atoms with Crippen LogP contribution < -0.4 is 20.9 Å². The number of para-hydroxylation sites is 3. The summed E-state index contributed by atoms with van der Waals surface area (Å²) < 4.78 is 11.4. The molecule has 0 aliphatic carbocycles. The van der Waals surface area contributed by atoms with Crippen molar-refractivity contribution in [3.8, 4) is 5.75 Å². The molecular formula is C26H21N5O3. The second-order valence-electron chi connectivity index (χ2n) is 7.91. The fraction of sp³-hybridized carbons (Fsp3) is 0.115. The molecule has 0 radical (unpaired) electrons. The van der Waals surface area contributed by atoms with Gasteiger partial charge in [0.2, 0.25) is 5.96 Å². The molecule has 2 aromatic heterocycles. The van der Waals surface area contributed by atoms with Crippen molar-refractivity contribution in [1.82, 2.24) is 9.97 Å². The molecule has 0 fully saturated rings. The summed E-state index contributed by atoms with van der Waals surface area (Å²) in [4.78, 5) is 25.5. The lowest BCUT2D eigenvalue weighted by molar-refractivity contribution is 0.340. The zero-order valence-corrected chi connectivity index (χ0v) is 18.3. The third-order valence-corrected chi connectivity index (χ3v) is 5.76. The highest BCUT2D eigenvalue weighted by Gasteiger charge is 2.28. The Hall–Kier alpha value is -4.59. The van der Waals surface area contributed by atoms with Gasteiger partial charge in [0.25, 0.3) is 5.56 Å². The average Bonchev–Trinajstić information content (AvgIpc) is 3.26. The standard InChI is InChI=1S/C26H21N5O3/c1-2-33-16-13-11-15(12-14-16)22-21-23(17-7-3-4-8-18(17)27-24(21)32)30-25(29-22)31-26-28-19-9-5-6-10-20(19)34-26/h3-14,22H,2H2,1H3,(H,27,32)(H2,28,29,30,31)/t22-/m0/s1. The van der Waals surface area contributed by atoms with E-state index in [0.29, 0.717) is 35.4 Å². The van der Waals surface area contributed by atoms with Gasteiger partial charge in [0, 0.05) is 5.39 Å². The van der Waals surface area contributed by atoms with Gasteiger partial charge in [0.1, 0.15) is 17.3 Å². The van der Waals surface area contributed by atoms with Gasteiger partial charge < -0.3 is 19.5 Å². The van der Waals surface area contributed by atoms with Gasteiger partial charge in [-0.1, -0.05) is 42.5 Å². The summed E-state index contributed by atoms with van der Waals surface area (Å²) >= 11 is 0. The van der Waals surface area contributed by atoms with Gasteiger partial charge in [-0.25, -0.2) is 4.99 Å². The number of fused-ring (bicyclic) bond motifs is 4. The lowest BCUT2D eigenvalue weighted by atomic mass is 9.95. The number of nitrogens with zero attached hydrogens (tertiary/aromatic N) is 2. The van der Waals surface area contributed by atoms with Crippen LogP contribution in [0.4, 0.5) is 11.7 Å². The van der Waals surface area contributed by atoms with E-state index in [1.165, 1.54) is 0 Å². The maximum Gasteiger partial charge on any atom is 0.302 e. The molecule has 168 valence electrons. The van der Waals surface area contributed by atoms with Crippen molar-refractivity contribution < 1.29 is 9.15 Å². The SMILES string of the molecule is CCOc1ccc([C@@H]2N=C(Nc3nc4ccccc4o3)Nc3c2c(=O)[nH]c2ccccc32)cc1. The van der Waals surface area contributed by atoms with Crippen LogP contribution in [0.25, 0.3) is 22.0 Å². The van der Waals surface area contributed by atoms with Crippen molar-refractivity contribution in [3.63, 3.8) is 0 Å². The van der Waals surface area contributed by atoms with E-state index in [0.717, 1.165) is 27.7 Å². The topological polar surface area (TPSA) is 105 Å². The lowest BCUT2D eigenvalue weighted by Crippen LogP contribution is -2.32. The van der Waals surface area contributed by atoms with Gasteiger partial charge in [-0.2, -0.15) is 4.98 Å². The Bertz CT molecular complexity index is 1570. The van der Waals surface area contributed by atoms with E-state index in [2.05, 4.69) is 20.6 Å². The molecule has 1 atom stereocenters. The summed E-state index contributed by atoms with van der Waals surface area (Å²) in [5.41, 5.74) is 4.08. The van der Waals surface area contributed by atoms with E-state index in [4.69, 9.17) is 14.1 Å². The van der Waals surface area contributed by atoms with Crippen molar-refractivity contribution in [2.24, 2.45) is 4.99 Å². The van der Waals surface area contributed by atoms with E-state index in [1.54, 1.807) is 0 Å². The Morgan fingerprint density at radius 1 is 1.03 bits per heavy atom. The molecule has 3 N–H and O–H groups in total. The highest BCUT2D eigenvalue weighted by atomic mass is 16.5. The number of aromatic amines is 1. The Labute approximate surface area is 194 Å². The first-order valence-electron chi connectivity index (χ1n) is 11.0. The van der Waals surface area contributed by atoms with E-state index in [9.17, 15) is 4.79 Å². The Kier molecular flexibility index (Phi) is 4.76. The number of guanidine groups is 1. The van der Waals surface area contributed by atoms with Crippen molar-refractivity contribution in [2.45, 2.75) is 13.0 Å². The maximum absolute atomic E-state index is 13.2. The third-order valence-electron chi connectivity index (χ3n) is 5.76. The van der Waals surface area contributed by atoms with Crippen molar-refractivity contribution in [3.05, 3.63) is 94.3 Å². The maximum atomic E-state index is 13.2. The van der Waals surface area contributed by atoms with Crippen LogP contribution >= 0.6 is 0 Å².